The molecule has 0 saturated heterocycles. The van der Waals surface area contributed by atoms with Crippen molar-refractivity contribution in [1.29, 1.82) is 5.26 Å². The average Bonchev–Trinajstić information content (AvgIpc) is 3.33. The highest BCUT2D eigenvalue weighted by Gasteiger charge is 2.52. The van der Waals surface area contributed by atoms with Gasteiger partial charge in [0.15, 0.2) is 5.82 Å². The van der Waals surface area contributed by atoms with Crippen molar-refractivity contribution in [2.24, 2.45) is 12.5 Å². The van der Waals surface area contributed by atoms with Gasteiger partial charge in [0.05, 0.1) is 22.8 Å². The van der Waals surface area contributed by atoms with E-state index in [2.05, 4.69) is 15.5 Å². The second-order valence-corrected chi connectivity index (χ2v) is 11.2. The van der Waals surface area contributed by atoms with Crippen molar-refractivity contribution < 1.29 is 31.1 Å². The molecule has 0 aliphatic heterocycles. The number of benzene rings is 2. The largest absolute Gasteiger partial charge is 0.417 e. The van der Waals surface area contributed by atoms with E-state index in [-0.39, 0.29) is 52.2 Å². The molecular weight excluding hydrogens is 548 g/mol. The van der Waals surface area contributed by atoms with Crippen molar-refractivity contribution >= 4 is 5.91 Å². The van der Waals surface area contributed by atoms with Gasteiger partial charge in [-0.25, -0.2) is 0 Å². The molecule has 6 nitrogen and oxygen atoms in total. The van der Waals surface area contributed by atoms with Crippen LogP contribution in [0.3, 0.4) is 0 Å². The minimum Gasteiger partial charge on any atom is -0.352 e. The number of nitriles is 1. The smallest absolute Gasteiger partial charge is 0.352 e. The Hall–Kier alpha value is -3.88. The summed E-state index contributed by atoms with van der Waals surface area (Å²) in [5, 5.41) is 20.1. The average molecular weight is 576 g/mol. The van der Waals surface area contributed by atoms with Gasteiger partial charge >= 0.3 is 12.4 Å². The molecule has 0 spiro atoms. The van der Waals surface area contributed by atoms with E-state index >= 15 is 0 Å². The molecular formula is C29H27F6N5O. The monoisotopic (exact) mass is 575 g/mol. The van der Waals surface area contributed by atoms with Gasteiger partial charge in [0.1, 0.15) is 5.82 Å². The topological polar surface area (TPSA) is 83.6 Å². The molecule has 216 valence electrons. The molecule has 0 radical (unpaired) electrons. The van der Waals surface area contributed by atoms with Crippen molar-refractivity contribution in [3.63, 3.8) is 0 Å². The molecule has 3 aromatic rings. The fourth-order valence-electron chi connectivity index (χ4n) is 6.48. The quantitative estimate of drug-likeness (QED) is 0.332. The van der Waals surface area contributed by atoms with Crippen molar-refractivity contribution in [2.75, 3.05) is 0 Å². The van der Waals surface area contributed by atoms with Crippen LogP contribution in [0, 0.1) is 16.7 Å². The summed E-state index contributed by atoms with van der Waals surface area (Å²) >= 11 is 0. The molecule has 1 amide bonds. The van der Waals surface area contributed by atoms with Gasteiger partial charge in [-0.2, -0.15) is 31.6 Å². The second kappa shape index (κ2) is 10.2. The maximum atomic E-state index is 13.6. The van der Waals surface area contributed by atoms with E-state index in [0.29, 0.717) is 44.3 Å². The van der Waals surface area contributed by atoms with Crippen LogP contribution in [0.5, 0.6) is 0 Å². The summed E-state index contributed by atoms with van der Waals surface area (Å²) < 4.78 is 82.9. The molecule has 3 aliphatic rings. The molecule has 1 N–H and O–H groups in total. The standard InChI is InChI=1S/C29H27F6N5O/c1-40-24(20-4-2-3-5-21(20)28(30,31)32)38-39-25(40)27-11-8-26(9-12-27,10-13-27)15-23(41)37-17-19-7-6-18(16-36)14-22(19)29(33,34)35/h2-7,14H,8-13,15,17H2,1H3,(H,37,41). The number of nitrogens with one attached hydrogen (secondary N) is 1. The molecule has 12 heteroatoms. The molecule has 6 rings (SSSR count). The summed E-state index contributed by atoms with van der Waals surface area (Å²) in [7, 11) is 1.68. The summed E-state index contributed by atoms with van der Waals surface area (Å²) in [5.41, 5.74) is -2.65. The zero-order valence-corrected chi connectivity index (χ0v) is 22.2. The van der Waals surface area contributed by atoms with Gasteiger partial charge in [-0.05, 0) is 67.7 Å². The minimum atomic E-state index is -4.66. The highest BCUT2D eigenvalue weighted by molar-refractivity contribution is 5.77. The van der Waals surface area contributed by atoms with Crippen LogP contribution in [0.1, 0.15) is 73.0 Å². The Morgan fingerprint density at radius 2 is 1.59 bits per heavy atom. The first-order valence-corrected chi connectivity index (χ1v) is 13.2. The van der Waals surface area contributed by atoms with Crippen LogP contribution in [-0.4, -0.2) is 20.7 Å². The maximum absolute atomic E-state index is 13.6. The molecule has 0 unspecified atom stereocenters. The number of hydrogen-bond donors (Lipinski definition) is 1. The molecule has 41 heavy (non-hydrogen) atoms. The number of carbonyl (C=O) groups excluding carboxylic acids is 1. The predicted octanol–water partition coefficient (Wildman–Crippen LogP) is 6.69. The molecule has 2 bridgehead atoms. The fraction of sp³-hybridized carbons (Fsp3) is 0.448. The van der Waals surface area contributed by atoms with Crippen LogP contribution in [0.25, 0.3) is 11.4 Å². The lowest BCUT2D eigenvalue weighted by atomic mass is 9.52. The van der Waals surface area contributed by atoms with Gasteiger partial charge < -0.3 is 9.88 Å². The van der Waals surface area contributed by atoms with Gasteiger partial charge in [0.25, 0.3) is 0 Å². The third-order valence-corrected chi connectivity index (χ3v) is 8.78. The summed E-state index contributed by atoms with van der Waals surface area (Å²) in [4.78, 5) is 12.9. The molecule has 3 aliphatic carbocycles. The Labute approximate surface area is 232 Å². The van der Waals surface area contributed by atoms with E-state index in [9.17, 15) is 31.1 Å². The van der Waals surface area contributed by atoms with E-state index in [1.807, 2.05) is 0 Å². The molecule has 2 aromatic carbocycles. The summed E-state index contributed by atoms with van der Waals surface area (Å²) in [6, 6.07) is 10.2. The van der Waals surface area contributed by atoms with Crippen LogP contribution in [0.15, 0.2) is 42.5 Å². The number of hydrogen-bond acceptors (Lipinski definition) is 4. The van der Waals surface area contributed by atoms with E-state index in [0.717, 1.165) is 12.1 Å². The Balaban J connectivity index is 1.27. The summed E-state index contributed by atoms with van der Waals surface area (Å²) in [5.74, 6) is 0.425. The number of rotatable bonds is 6. The predicted molar refractivity (Wildman–Crippen MR) is 136 cm³/mol. The van der Waals surface area contributed by atoms with Crippen molar-refractivity contribution in [3.8, 4) is 17.5 Å². The maximum Gasteiger partial charge on any atom is 0.417 e. The number of halogens is 6. The normalized spacial score (nSPS) is 22.4. The van der Waals surface area contributed by atoms with Crippen molar-refractivity contribution in [2.45, 2.75) is 69.3 Å². The highest BCUT2D eigenvalue weighted by Crippen LogP contribution is 2.59. The van der Waals surface area contributed by atoms with Crippen molar-refractivity contribution in [1.82, 2.24) is 20.1 Å². The first-order valence-electron chi connectivity index (χ1n) is 13.2. The van der Waals surface area contributed by atoms with E-state index in [1.165, 1.54) is 30.3 Å². The number of amides is 1. The third-order valence-electron chi connectivity index (χ3n) is 8.78. The van der Waals surface area contributed by atoms with E-state index in [1.54, 1.807) is 17.7 Å². The number of aromatic nitrogens is 3. The lowest BCUT2D eigenvalue weighted by Crippen LogP contribution is -2.47. The van der Waals surface area contributed by atoms with Gasteiger partial charge in [-0.15, -0.1) is 10.2 Å². The second-order valence-electron chi connectivity index (χ2n) is 11.2. The van der Waals surface area contributed by atoms with Gasteiger partial charge in [0.2, 0.25) is 5.91 Å². The molecule has 1 heterocycles. The molecule has 3 fully saturated rings. The van der Waals surface area contributed by atoms with E-state index in [4.69, 9.17) is 5.26 Å². The van der Waals surface area contributed by atoms with Gasteiger partial charge in [-0.3, -0.25) is 4.79 Å². The Kier molecular flexibility index (Phi) is 7.12. The highest BCUT2D eigenvalue weighted by atomic mass is 19.4. The molecule has 3 saturated carbocycles. The third kappa shape index (κ3) is 5.42. The SMILES string of the molecule is Cn1c(-c2ccccc2C(F)(F)F)nnc1C12CCC(CC(=O)NCc3ccc(C#N)cc3C(F)(F)F)(CC1)CC2. The number of alkyl halides is 6. The lowest BCUT2D eigenvalue weighted by Gasteiger charge is -2.52. The van der Waals surface area contributed by atoms with Gasteiger partial charge in [-0.1, -0.05) is 24.3 Å². The lowest BCUT2D eigenvalue weighted by molar-refractivity contribution is -0.139. The van der Waals surface area contributed by atoms with Crippen LogP contribution in [0.2, 0.25) is 0 Å². The number of carbonyl (C=O) groups is 1. The Morgan fingerprint density at radius 1 is 0.951 bits per heavy atom. The van der Waals surface area contributed by atoms with Crippen LogP contribution < -0.4 is 5.32 Å². The zero-order valence-electron chi connectivity index (χ0n) is 22.2. The van der Waals surface area contributed by atoms with Crippen LogP contribution in [-0.2, 0) is 36.2 Å². The fourth-order valence-corrected chi connectivity index (χ4v) is 6.48. The summed E-state index contributed by atoms with van der Waals surface area (Å²) in [6.07, 6.45) is -4.92. The minimum absolute atomic E-state index is 0.0359. The van der Waals surface area contributed by atoms with Crippen LogP contribution >= 0.6 is 0 Å². The summed E-state index contributed by atoms with van der Waals surface area (Å²) in [6.45, 7) is -0.305. The number of nitrogens with zero attached hydrogens (tertiary/aromatic N) is 4. The molecule has 0 atom stereocenters. The molecule has 1 aromatic heterocycles. The Bertz CT molecular complexity index is 1490. The first kappa shape index (κ1) is 28.6. The van der Waals surface area contributed by atoms with Crippen molar-refractivity contribution in [3.05, 3.63) is 70.5 Å². The Morgan fingerprint density at radius 3 is 2.20 bits per heavy atom. The van der Waals surface area contributed by atoms with Crippen LogP contribution in [0.4, 0.5) is 26.3 Å². The first-order chi connectivity index (χ1) is 19.3. The zero-order chi connectivity index (χ0) is 29.6. The van der Waals surface area contributed by atoms with E-state index < -0.39 is 23.5 Å². The van der Waals surface area contributed by atoms with Gasteiger partial charge in [0, 0.05) is 31.0 Å². The number of fused-ring (bicyclic) bond motifs is 3.